The van der Waals surface area contributed by atoms with Gasteiger partial charge in [0, 0.05) is 48.8 Å². The van der Waals surface area contributed by atoms with Crippen LogP contribution in [0.3, 0.4) is 0 Å². The molecule has 0 radical (unpaired) electrons. The Morgan fingerprint density at radius 2 is 1.29 bits per heavy atom. The zero-order chi connectivity index (χ0) is 28.0. The van der Waals surface area contributed by atoms with Crippen LogP contribution in [0.25, 0.3) is 10.8 Å². The molecule has 4 unspecified atom stereocenters. The van der Waals surface area contributed by atoms with Crippen molar-refractivity contribution in [2.45, 2.75) is 123 Å². The Balaban J connectivity index is 1.52. The van der Waals surface area contributed by atoms with E-state index in [1.54, 1.807) is 5.06 Å². The topological polar surface area (TPSA) is 68.2 Å². The molecular weight excluding hydrogens is 476 g/mol. The normalized spacial score (nSPS) is 30.9. The van der Waals surface area contributed by atoms with Gasteiger partial charge >= 0.3 is 0 Å². The Bertz CT molecular complexity index is 1080. The summed E-state index contributed by atoms with van der Waals surface area (Å²) >= 11 is 0. The van der Waals surface area contributed by atoms with Gasteiger partial charge in [-0.15, -0.1) is 0 Å². The lowest BCUT2D eigenvalue weighted by molar-refractivity contribution is -0.211. The van der Waals surface area contributed by atoms with E-state index < -0.39 is 11.1 Å². The average molecular weight is 526 g/mol. The molecule has 2 fully saturated rings. The van der Waals surface area contributed by atoms with Crippen molar-refractivity contribution >= 4 is 10.8 Å². The van der Waals surface area contributed by atoms with Crippen LogP contribution in [0.2, 0.25) is 0 Å². The number of nitrogens with zero attached hydrogens (tertiary/aromatic N) is 2. The van der Waals surface area contributed by atoms with E-state index >= 15 is 0 Å². The molecule has 212 valence electrons. The van der Waals surface area contributed by atoms with E-state index in [-0.39, 0.29) is 30.2 Å². The number of hydroxylamine groups is 4. The molecule has 2 aliphatic rings. The fraction of sp³-hybridized carbons (Fsp3) is 0.688. The standard InChI is InChI=1S/C32H49N2O4/c1-20(2)29-16-27(17-30(21(3)4)33(29)35)37-25-12-10-23-11-13-26(15-24(23)14-25)38-28-18-31(7,8)34(36)32(9,19-28)22(5)6/h10-15,20-22,27-30,35H,16-19H2,1-9H3/q-1. The first-order chi connectivity index (χ1) is 17.7. The number of piperidine rings is 2. The Labute approximate surface area is 229 Å². The van der Waals surface area contributed by atoms with Crippen LogP contribution < -0.4 is 9.47 Å². The Hall–Kier alpha value is -1.86. The largest absolute Gasteiger partial charge is 0.784 e. The number of benzene rings is 2. The molecule has 2 heterocycles. The molecule has 4 atom stereocenters. The Morgan fingerprint density at radius 3 is 1.76 bits per heavy atom. The molecule has 1 N–H and O–H groups in total. The van der Waals surface area contributed by atoms with E-state index in [9.17, 15) is 10.4 Å². The molecule has 0 bridgehead atoms. The maximum atomic E-state index is 13.1. The van der Waals surface area contributed by atoms with Gasteiger partial charge in [-0.1, -0.05) is 53.7 Å². The number of rotatable bonds is 7. The third kappa shape index (κ3) is 5.84. The van der Waals surface area contributed by atoms with Crippen LogP contribution in [0, 0.1) is 23.0 Å². The van der Waals surface area contributed by atoms with E-state index in [1.165, 1.54) is 5.06 Å². The van der Waals surface area contributed by atoms with Crippen LogP contribution in [0.4, 0.5) is 0 Å². The molecule has 4 rings (SSSR count). The average Bonchev–Trinajstić information content (AvgIpc) is 2.82. The van der Waals surface area contributed by atoms with Crippen molar-refractivity contribution < 1.29 is 14.7 Å². The van der Waals surface area contributed by atoms with Crippen molar-refractivity contribution in [1.29, 1.82) is 0 Å². The molecule has 2 saturated heterocycles. The third-order valence-electron chi connectivity index (χ3n) is 9.24. The predicted octanol–water partition coefficient (Wildman–Crippen LogP) is 7.66. The van der Waals surface area contributed by atoms with Gasteiger partial charge in [0.1, 0.15) is 23.7 Å². The van der Waals surface area contributed by atoms with Crippen LogP contribution in [0.5, 0.6) is 11.5 Å². The zero-order valence-corrected chi connectivity index (χ0v) is 24.9. The second-order valence-corrected chi connectivity index (χ2v) is 13.7. The predicted molar refractivity (Wildman–Crippen MR) is 155 cm³/mol. The molecule has 2 aromatic carbocycles. The summed E-state index contributed by atoms with van der Waals surface area (Å²) in [6.45, 7) is 19.0. The van der Waals surface area contributed by atoms with Gasteiger partial charge in [0.15, 0.2) is 0 Å². The molecule has 2 aliphatic heterocycles. The highest BCUT2D eigenvalue weighted by Gasteiger charge is 2.45. The Morgan fingerprint density at radius 1 is 0.789 bits per heavy atom. The maximum absolute atomic E-state index is 13.1. The van der Waals surface area contributed by atoms with Crippen molar-refractivity contribution in [2.75, 3.05) is 0 Å². The van der Waals surface area contributed by atoms with Crippen LogP contribution in [-0.4, -0.2) is 50.7 Å². The zero-order valence-electron chi connectivity index (χ0n) is 24.9. The summed E-state index contributed by atoms with van der Waals surface area (Å²) in [5.74, 6) is 2.60. The molecule has 0 aromatic heterocycles. The van der Waals surface area contributed by atoms with Crippen molar-refractivity contribution in [3.63, 3.8) is 0 Å². The summed E-state index contributed by atoms with van der Waals surface area (Å²) < 4.78 is 13.1. The summed E-state index contributed by atoms with van der Waals surface area (Å²) in [6.07, 6.45) is 3.05. The lowest BCUT2D eigenvalue weighted by atomic mass is 9.73. The highest BCUT2D eigenvalue weighted by molar-refractivity contribution is 5.85. The first-order valence-corrected chi connectivity index (χ1v) is 14.5. The molecule has 0 saturated carbocycles. The van der Waals surface area contributed by atoms with Crippen LogP contribution in [-0.2, 0) is 0 Å². The lowest BCUT2D eigenvalue weighted by Gasteiger charge is -2.62. The number of ether oxygens (including phenoxy) is 2. The summed E-state index contributed by atoms with van der Waals surface area (Å²) in [5, 5.41) is 29.1. The van der Waals surface area contributed by atoms with E-state index in [0.29, 0.717) is 24.7 Å². The minimum Gasteiger partial charge on any atom is -0.784 e. The van der Waals surface area contributed by atoms with Gasteiger partial charge < -0.3 is 25.0 Å². The summed E-state index contributed by atoms with van der Waals surface area (Å²) in [5.41, 5.74) is -0.943. The van der Waals surface area contributed by atoms with Crippen LogP contribution in [0.15, 0.2) is 36.4 Å². The van der Waals surface area contributed by atoms with E-state index in [0.717, 1.165) is 35.1 Å². The minimum atomic E-state index is -0.481. The fourth-order valence-corrected chi connectivity index (χ4v) is 6.58. The third-order valence-corrected chi connectivity index (χ3v) is 9.24. The first-order valence-electron chi connectivity index (χ1n) is 14.5. The highest BCUT2D eigenvalue weighted by Crippen LogP contribution is 2.43. The molecule has 2 aromatic rings. The molecule has 6 nitrogen and oxygen atoms in total. The van der Waals surface area contributed by atoms with E-state index in [1.807, 2.05) is 26.0 Å². The molecule has 0 spiro atoms. The number of fused-ring (bicyclic) bond motifs is 1. The molecule has 0 amide bonds. The Kier molecular flexibility index (Phi) is 8.40. The second-order valence-electron chi connectivity index (χ2n) is 13.7. The lowest BCUT2D eigenvalue weighted by Crippen LogP contribution is -2.63. The summed E-state index contributed by atoms with van der Waals surface area (Å²) in [4.78, 5) is 0. The quantitative estimate of drug-likeness (QED) is 0.400. The smallest absolute Gasteiger partial charge is 0.120 e. The van der Waals surface area contributed by atoms with Crippen molar-refractivity contribution in [3.8, 4) is 11.5 Å². The van der Waals surface area contributed by atoms with Gasteiger partial charge in [0.25, 0.3) is 0 Å². The molecule has 0 aliphatic carbocycles. The molecule has 38 heavy (non-hydrogen) atoms. The van der Waals surface area contributed by atoms with Gasteiger partial charge in [-0.05, 0) is 73.6 Å². The number of hydrogen-bond acceptors (Lipinski definition) is 6. The van der Waals surface area contributed by atoms with E-state index in [2.05, 4.69) is 72.7 Å². The summed E-state index contributed by atoms with van der Waals surface area (Å²) in [6, 6.07) is 12.6. The van der Waals surface area contributed by atoms with Crippen LogP contribution >= 0.6 is 0 Å². The number of hydrogen-bond donors (Lipinski definition) is 1. The minimum absolute atomic E-state index is 0.0240. The monoisotopic (exact) mass is 525 g/mol. The highest BCUT2D eigenvalue weighted by atomic mass is 16.5. The van der Waals surface area contributed by atoms with Gasteiger partial charge in [0.2, 0.25) is 0 Å². The summed E-state index contributed by atoms with van der Waals surface area (Å²) in [7, 11) is 0. The van der Waals surface area contributed by atoms with Crippen molar-refractivity contribution in [2.24, 2.45) is 17.8 Å². The van der Waals surface area contributed by atoms with Gasteiger partial charge in [0.05, 0.1) is 0 Å². The fourth-order valence-electron chi connectivity index (χ4n) is 6.58. The van der Waals surface area contributed by atoms with Crippen molar-refractivity contribution in [1.82, 2.24) is 10.1 Å². The molecular formula is C32H49N2O4-. The first kappa shape index (κ1) is 29.1. The van der Waals surface area contributed by atoms with Gasteiger partial charge in [-0.3, -0.25) is 0 Å². The van der Waals surface area contributed by atoms with Gasteiger partial charge in [-0.2, -0.15) is 5.06 Å². The SMILES string of the molecule is CC(C)C1CC(Oc2ccc3ccc(OC4CC(C)(C)N([O-])C(C)(C(C)C)C4)cc3c2)CC(C(C)C)N1O. The second kappa shape index (κ2) is 11.0. The van der Waals surface area contributed by atoms with E-state index in [4.69, 9.17) is 9.47 Å². The van der Waals surface area contributed by atoms with Crippen LogP contribution in [0.1, 0.15) is 88.0 Å². The van der Waals surface area contributed by atoms with Gasteiger partial charge in [-0.25, -0.2) is 0 Å². The maximum Gasteiger partial charge on any atom is 0.120 e. The molecule has 6 heteroatoms. The van der Waals surface area contributed by atoms with Crippen molar-refractivity contribution in [3.05, 3.63) is 41.6 Å².